The summed E-state index contributed by atoms with van der Waals surface area (Å²) in [7, 11) is 0. The van der Waals surface area contributed by atoms with Gasteiger partial charge < -0.3 is 10.1 Å². The molecule has 2 rings (SSSR count). The van der Waals surface area contributed by atoms with Crippen LogP contribution in [0.1, 0.15) is 5.56 Å². The average Bonchev–Trinajstić information content (AvgIpc) is 2.20. The molecule has 1 aromatic rings. The highest BCUT2D eigenvalue weighted by molar-refractivity contribution is 5.22. The van der Waals surface area contributed by atoms with E-state index >= 15 is 0 Å². The number of ether oxygens (including phenoxy) is 1. The first-order valence-corrected chi connectivity index (χ1v) is 4.50. The van der Waals surface area contributed by atoms with Crippen molar-refractivity contribution in [3.05, 3.63) is 35.9 Å². The molecule has 70 valence electrons. The zero-order valence-electron chi connectivity index (χ0n) is 7.49. The van der Waals surface area contributed by atoms with Crippen molar-refractivity contribution < 1.29 is 4.74 Å². The third-order valence-corrected chi connectivity index (χ3v) is 2.29. The van der Waals surface area contributed by atoms with Gasteiger partial charge in [-0.3, -0.25) is 5.73 Å². The molecule has 1 fully saturated rings. The lowest BCUT2D eigenvalue weighted by Gasteiger charge is -2.34. The highest BCUT2D eigenvalue weighted by atomic mass is 16.5. The summed E-state index contributed by atoms with van der Waals surface area (Å²) >= 11 is 0. The first kappa shape index (κ1) is 8.69. The molecule has 0 aromatic heterocycles. The number of benzene rings is 1. The first-order chi connectivity index (χ1) is 6.31. The number of morpholine rings is 1. The monoisotopic (exact) mass is 178 g/mol. The molecule has 1 aliphatic heterocycles. The van der Waals surface area contributed by atoms with E-state index in [1.807, 2.05) is 30.3 Å². The minimum absolute atomic E-state index is 0.639. The Morgan fingerprint density at radius 2 is 2.08 bits per heavy atom. The Bertz CT molecular complexity index is 268. The number of nitrogens with one attached hydrogen (secondary N) is 1. The van der Waals surface area contributed by atoms with Gasteiger partial charge in [-0.25, -0.2) is 0 Å². The van der Waals surface area contributed by atoms with Crippen LogP contribution in [0.4, 0.5) is 0 Å². The molecule has 0 saturated carbocycles. The minimum atomic E-state index is -0.639. The van der Waals surface area contributed by atoms with Gasteiger partial charge in [0.25, 0.3) is 0 Å². The van der Waals surface area contributed by atoms with Gasteiger partial charge in [-0.15, -0.1) is 0 Å². The maximum atomic E-state index is 6.10. The lowest BCUT2D eigenvalue weighted by molar-refractivity contribution is -0.0667. The van der Waals surface area contributed by atoms with Crippen molar-refractivity contribution >= 4 is 0 Å². The Morgan fingerprint density at radius 1 is 1.31 bits per heavy atom. The summed E-state index contributed by atoms with van der Waals surface area (Å²) in [6.07, 6.45) is 0. The Hall–Kier alpha value is -0.900. The van der Waals surface area contributed by atoms with E-state index in [0.717, 1.165) is 12.1 Å². The molecular weight excluding hydrogens is 164 g/mol. The Balaban J connectivity index is 2.23. The SMILES string of the molecule is NC1(c2ccccc2)CNCCO1. The van der Waals surface area contributed by atoms with Gasteiger partial charge in [0.1, 0.15) is 0 Å². The zero-order valence-corrected chi connectivity index (χ0v) is 7.49. The molecule has 3 nitrogen and oxygen atoms in total. The molecule has 1 unspecified atom stereocenters. The summed E-state index contributed by atoms with van der Waals surface area (Å²) in [6, 6.07) is 9.91. The van der Waals surface area contributed by atoms with Crippen molar-refractivity contribution in [2.75, 3.05) is 19.7 Å². The molecule has 1 aliphatic rings. The van der Waals surface area contributed by atoms with Crippen LogP contribution >= 0.6 is 0 Å². The molecule has 13 heavy (non-hydrogen) atoms. The lowest BCUT2D eigenvalue weighted by Crippen LogP contribution is -2.53. The fourth-order valence-corrected chi connectivity index (χ4v) is 1.54. The lowest BCUT2D eigenvalue weighted by atomic mass is 10.0. The van der Waals surface area contributed by atoms with Gasteiger partial charge in [0.2, 0.25) is 0 Å². The van der Waals surface area contributed by atoms with Crippen LogP contribution in [0.3, 0.4) is 0 Å². The molecule has 0 bridgehead atoms. The van der Waals surface area contributed by atoms with Crippen molar-refractivity contribution in [2.45, 2.75) is 5.72 Å². The molecule has 1 heterocycles. The summed E-state index contributed by atoms with van der Waals surface area (Å²) in [4.78, 5) is 0. The molecule has 0 radical (unpaired) electrons. The van der Waals surface area contributed by atoms with Crippen LogP contribution in [0.25, 0.3) is 0 Å². The van der Waals surface area contributed by atoms with Crippen LogP contribution < -0.4 is 11.1 Å². The molecular formula is C10H14N2O. The second-order valence-corrected chi connectivity index (χ2v) is 3.28. The smallest absolute Gasteiger partial charge is 0.155 e. The van der Waals surface area contributed by atoms with E-state index in [9.17, 15) is 0 Å². The number of hydrogen-bond acceptors (Lipinski definition) is 3. The maximum absolute atomic E-state index is 6.10. The van der Waals surface area contributed by atoms with Gasteiger partial charge >= 0.3 is 0 Å². The van der Waals surface area contributed by atoms with Crippen molar-refractivity contribution in [3.63, 3.8) is 0 Å². The normalized spacial score (nSPS) is 28.7. The van der Waals surface area contributed by atoms with E-state index in [1.54, 1.807) is 0 Å². The third-order valence-electron chi connectivity index (χ3n) is 2.29. The molecule has 0 spiro atoms. The fraction of sp³-hybridized carbons (Fsp3) is 0.400. The van der Waals surface area contributed by atoms with Gasteiger partial charge in [-0.05, 0) is 5.56 Å². The topological polar surface area (TPSA) is 47.3 Å². The molecule has 1 aromatic carbocycles. The molecule has 3 N–H and O–H groups in total. The quantitative estimate of drug-likeness (QED) is 0.655. The van der Waals surface area contributed by atoms with Crippen LogP contribution in [0, 0.1) is 0 Å². The average molecular weight is 178 g/mol. The Kier molecular flexibility index (Phi) is 2.31. The highest BCUT2D eigenvalue weighted by Gasteiger charge is 2.29. The fourth-order valence-electron chi connectivity index (χ4n) is 1.54. The van der Waals surface area contributed by atoms with Gasteiger partial charge in [0, 0.05) is 13.1 Å². The van der Waals surface area contributed by atoms with E-state index in [4.69, 9.17) is 10.5 Å². The molecule has 1 atom stereocenters. The summed E-state index contributed by atoms with van der Waals surface area (Å²) in [6.45, 7) is 2.23. The number of rotatable bonds is 1. The predicted molar refractivity (Wildman–Crippen MR) is 51.1 cm³/mol. The maximum Gasteiger partial charge on any atom is 0.155 e. The van der Waals surface area contributed by atoms with E-state index in [-0.39, 0.29) is 0 Å². The summed E-state index contributed by atoms with van der Waals surface area (Å²) in [5.41, 5.74) is 6.49. The summed E-state index contributed by atoms with van der Waals surface area (Å²) in [5.74, 6) is 0. The van der Waals surface area contributed by atoms with Crippen LogP contribution in [0.2, 0.25) is 0 Å². The van der Waals surface area contributed by atoms with Crippen LogP contribution in [-0.2, 0) is 10.5 Å². The van der Waals surface area contributed by atoms with E-state index in [2.05, 4.69) is 5.32 Å². The van der Waals surface area contributed by atoms with Crippen LogP contribution in [0.15, 0.2) is 30.3 Å². The van der Waals surface area contributed by atoms with E-state index < -0.39 is 5.72 Å². The highest BCUT2D eigenvalue weighted by Crippen LogP contribution is 2.20. The van der Waals surface area contributed by atoms with Crippen molar-refractivity contribution in [1.29, 1.82) is 0 Å². The van der Waals surface area contributed by atoms with Crippen LogP contribution in [0.5, 0.6) is 0 Å². The Morgan fingerprint density at radius 3 is 2.69 bits per heavy atom. The van der Waals surface area contributed by atoms with Gasteiger partial charge in [-0.2, -0.15) is 0 Å². The first-order valence-electron chi connectivity index (χ1n) is 4.50. The van der Waals surface area contributed by atoms with Gasteiger partial charge in [-0.1, -0.05) is 30.3 Å². The Labute approximate surface area is 77.9 Å². The second-order valence-electron chi connectivity index (χ2n) is 3.28. The zero-order chi connectivity index (χ0) is 9.15. The molecule has 1 saturated heterocycles. The van der Waals surface area contributed by atoms with E-state index in [1.165, 1.54) is 0 Å². The molecule has 0 amide bonds. The number of nitrogens with two attached hydrogens (primary N) is 1. The van der Waals surface area contributed by atoms with Crippen LogP contribution in [-0.4, -0.2) is 19.7 Å². The summed E-state index contributed by atoms with van der Waals surface area (Å²) in [5, 5.41) is 3.22. The van der Waals surface area contributed by atoms with Gasteiger partial charge in [0.05, 0.1) is 6.61 Å². The third kappa shape index (κ3) is 1.72. The van der Waals surface area contributed by atoms with Crippen molar-refractivity contribution in [3.8, 4) is 0 Å². The molecule has 3 heteroatoms. The minimum Gasteiger partial charge on any atom is -0.354 e. The van der Waals surface area contributed by atoms with Crippen molar-refractivity contribution in [1.82, 2.24) is 5.32 Å². The summed E-state index contributed by atoms with van der Waals surface area (Å²) < 4.78 is 5.57. The van der Waals surface area contributed by atoms with Gasteiger partial charge in [0.15, 0.2) is 5.72 Å². The second kappa shape index (κ2) is 3.46. The standard InChI is InChI=1S/C10H14N2O/c11-10(8-12-6-7-13-10)9-4-2-1-3-5-9/h1-5,12H,6-8,11H2. The largest absolute Gasteiger partial charge is 0.354 e. The van der Waals surface area contributed by atoms with Crippen molar-refractivity contribution in [2.24, 2.45) is 5.73 Å². The van der Waals surface area contributed by atoms with E-state index in [0.29, 0.717) is 13.2 Å². The predicted octanol–water partition coefficient (Wildman–Crippen LogP) is 0.418. The molecule has 0 aliphatic carbocycles. The number of hydrogen-bond donors (Lipinski definition) is 2.